The number of amides is 1. The van der Waals surface area contributed by atoms with E-state index in [1.165, 1.54) is 11.0 Å². The summed E-state index contributed by atoms with van der Waals surface area (Å²) >= 11 is 12.3. The summed E-state index contributed by atoms with van der Waals surface area (Å²) in [6.45, 7) is 0.339. The number of hydrogen-bond donors (Lipinski definition) is 0. The predicted molar refractivity (Wildman–Crippen MR) is 99.9 cm³/mol. The molecule has 0 N–H and O–H groups in total. The molecule has 1 unspecified atom stereocenters. The molecule has 0 saturated heterocycles. The van der Waals surface area contributed by atoms with E-state index in [1.807, 2.05) is 42.5 Å². The fourth-order valence-corrected chi connectivity index (χ4v) is 3.08. The maximum Gasteiger partial charge on any atom is 0.247 e. The second-order valence-corrected chi connectivity index (χ2v) is 6.69. The molecule has 6 nitrogen and oxygen atoms in total. The lowest BCUT2D eigenvalue weighted by molar-refractivity contribution is -0.134. The van der Waals surface area contributed by atoms with Gasteiger partial charge in [-0.3, -0.25) is 4.79 Å². The fraction of sp³-hybridized carbons (Fsp3) is 0.222. The van der Waals surface area contributed by atoms with Crippen LogP contribution in [0.25, 0.3) is 0 Å². The van der Waals surface area contributed by atoms with Gasteiger partial charge in [0.2, 0.25) is 5.91 Å². The summed E-state index contributed by atoms with van der Waals surface area (Å²) in [7, 11) is 1.72. The van der Waals surface area contributed by atoms with Gasteiger partial charge in [0.1, 0.15) is 12.4 Å². The van der Waals surface area contributed by atoms with E-state index in [1.54, 1.807) is 18.0 Å². The Hall–Kier alpha value is -2.44. The molecule has 0 aliphatic heterocycles. The smallest absolute Gasteiger partial charge is 0.247 e. The molecule has 1 aromatic heterocycles. The molecule has 8 heteroatoms. The lowest BCUT2D eigenvalue weighted by atomic mass is 10.0. The molecule has 0 fully saturated rings. The first-order chi connectivity index (χ1) is 12.6. The summed E-state index contributed by atoms with van der Waals surface area (Å²) in [5.41, 5.74) is 1.81. The van der Waals surface area contributed by atoms with E-state index >= 15 is 0 Å². The van der Waals surface area contributed by atoms with E-state index in [0.717, 1.165) is 11.1 Å². The number of halogens is 2. The van der Waals surface area contributed by atoms with Crippen LogP contribution < -0.4 is 0 Å². The number of hydrogen-bond acceptors (Lipinski definition) is 4. The van der Waals surface area contributed by atoms with Crippen LogP contribution in [0.15, 0.2) is 54.9 Å². The van der Waals surface area contributed by atoms with Gasteiger partial charge in [0, 0.05) is 20.0 Å². The maximum absolute atomic E-state index is 13.1. The number of likely N-dealkylation sites (N-methyl/N-ethyl adjacent to an activating group) is 1. The Kier molecular flexibility index (Phi) is 5.85. The standard InChI is InChI=1S/C18H17Cl2N5O/c1-24(11-14-8-5-9-15(19)17(14)20)18(26)16(25-12-21-22-23-25)10-13-6-3-2-4-7-13/h2-9,12,16H,10-11H2,1H3. The normalized spacial score (nSPS) is 12.0. The van der Waals surface area contributed by atoms with Crippen molar-refractivity contribution in [1.29, 1.82) is 0 Å². The van der Waals surface area contributed by atoms with Crippen LogP contribution in [0.5, 0.6) is 0 Å². The largest absolute Gasteiger partial charge is 0.340 e. The zero-order chi connectivity index (χ0) is 18.5. The highest BCUT2D eigenvalue weighted by atomic mass is 35.5. The Morgan fingerprint density at radius 2 is 1.92 bits per heavy atom. The third-order valence-corrected chi connectivity index (χ3v) is 4.91. The highest BCUT2D eigenvalue weighted by molar-refractivity contribution is 6.42. The Bertz CT molecular complexity index is 871. The van der Waals surface area contributed by atoms with Gasteiger partial charge >= 0.3 is 0 Å². The quantitative estimate of drug-likeness (QED) is 0.647. The Balaban J connectivity index is 1.81. The Labute approximate surface area is 161 Å². The predicted octanol–water partition coefficient (Wildman–Crippen LogP) is 3.42. The molecule has 0 saturated carbocycles. The van der Waals surface area contributed by atoms with Gasteiger partial charge < -0.3 is 4.90 Å². The van der Waals surface area contributed by atoms with Crippen molar-refractivity contribution in [3.63, 3.8) is 0 Å². The summed E-state index contributed by atoms with van der Waals surface area (Å²) < 4.78 is 1.48. The molecule has 0 bridgehead atoms. The minimum atomic E-state index is -0.546. The van der Waals surface area contributed by atoms with E-state index < -0.39 is 6.04 Å². The summed E-state index contributed by atoms with van der Waals surface area (Å²) in [5.74, 6) is -0.114. The van der Waals surface area contributed by atoms with Gasteiger partial charge in [-0.05, 0) is 27.6 Å². The lowest BCUT2D eigenvalue weighted by Gasteiger charge is -2.24. The number of tetrazole rings is 1. The van der Waals surface area contributed by atoms with Gasteiger partial charge in [0.05, 0.1) is 10.0 Å². The van der Waals surface area contributed by atoms with E-state index in [-0.39, 0.29) is 5.91 Å². The third-order valence-electron chi connectivity index (χ3n) is 4.06. The van der Waals surface area contributed by atoms with Crippen molar-refractivity contribution < 1.29 is 4.79 Å². The number of nitrogens with zero attached hydrogens (tertiary/aromatic N) is 5. The average molecular weight is 390 g/mol. The van der Waals surface area contributed by atoms with Gasteiger partial charge in [-0.1, -0.05) is 65.7 Å². The van der Waals surface area contributed by atoms with Crippen LogP contribution >= 0.6 is 23.2 Å². The number of carbonyl (C=O) groups is 1. The number of rotatable bonds is 6. The molecule has 134 valence electrons. The molecular weight excluding hydrogens is 373 g/mol. The van der Waals surface area contributed by atoms with Crippen LogP contribution in [0, 0.1) is 0 Å². The zero-order valence-electron chi connectivity index (χ0n) is 14.1. The number of benzene rings is 2. The van der Waals surface area contributed by atoms with Crippen molar-refractivity contribution in [1.82, 2.24) is 25.1 Å². The van der Waals surface area contributed by atoms with Crippen LogP contribution in [0.1, 0.15) is 17.2 Å². The monoisotopic (exact) mass is 389 g/mol. The van der Waals surface area contributed by atoms with Crippen molar-refractivity contribution in [2.45, 2.75) is 19.0 Å². The molecule has 0 aliphatic rings. The maximum atomic E-state index is 13.1. The lowest BCUT2D eigenvalue weighted by Crippen LogP contribution is -2.35. The molecule has 3 aromatic rings. The second-order valence-electron chi connectivity index (χ2n) is 5.90. The minimum absolute atomic E-state index is 0.114. The summed E-state index contributed by atoms with van der Waals surface area (Å²) in [6.07, 6.45) is 1.93. The van der Waals surface area contributed by atoms with Crippen molar-refractivity contribution in [3.8, 4) is 0 Å². The van der Waals surface area contributed by atoms with Crippen LogP contribution in [-0.2, 0) is 17.8 Å². The highest BCUT2D eigenvalue weighted by Gasteiger charge is 2.26. The topological polar surface area (TPSA) is 63.9 Å². The molecule has 2 aromatic carbocycles. The van der Waals surface area contributed by atoms with E-state index in [4.69, 9.17) is 23.2 Å². The van der Waals surface area contributed by atoms with Crippen molar-refractivity contribution in [2.24, 2.45) is 0 Å². The van der Waals surface area contributed by atoms with Gasteiger partial charge in [-0.25, -0.2) is 4.68 Å². The number of carbonyl (C=O) groups excluding carboxylic acids is 1. The molecule has 1 heterocycles. The summed E-state index contributed by atoms with van der Waals surface area (Å²) in [4.78, 5) is 14.7. The molecule has 0 aliphatic carbocycles. The Morgan fingerprint density at radius 3 is 2.62 bits per heavy atom. The van der Waals surface area contributed by atoms with E-state index in [9.17, 15) is 4.79 Å². The third kappa shape index (κ3) is 4.20. The molecule has 1 atom stereocenters. The van der Waals surface area contributed by atoms with Crippen LogP contribution in [-0.4, -0.2) is 38.1 Å². The van der Waals surface area contributed by atoms with Crippen molar-refractivity contribution in [3.05, 3.63) is 76.0 Å². The summed E-state index contributed by atoms with van der Waals surface area (Å²) in [5, 5.41) is 12.2. The Morgan fingerprint density at radius 1 is 1.15 bits per heavy atom. The van der Waals surface area contributed by atoms with E-state index in [2.05, 4.69) is 15.5 Å². The zero-order valence-corrected chi connectivity index (χ0v) is 15.6. The van der Waals surface area contributed by atoms with Crippen LogP contribution in [0.4, 0.5) is 0 Å². The highest BCUT2D eigenvalue weighted by Crippen LogP contribution is 2.27. The second kappa shape index (κ2) is 8.29. The van der Waals surface area contributed by atoms with E-state index in [0.29, 0.717) is 23.0 Å². The van der Waals surface area contributed by atoms with Crippen LogP contribution in [0.2, 0.25) is 10.0 Å². The van der Waals surface area contributed by atoms with Crippen molar-refractivity contribution in [2.75, 3.05) is 7.05 Å². The fourth-order valence-electron chi connectivity index (χ4n) is 2.70. The average Bonchev–Trinajstić information content (AvgIpc) is 3.18. The SMILES string of the molecule is CN(Cc1cccc(Cl)c1Cl)C(=O)C(Cc1ccccc1)n1cnnn1. The van der Waals surface area contributed by atoms with Gasteiger partial charge in [0.15, 0.2) is 0 Å². The first-order valence-electron chi connectivity index (χ1n) is 8.00. The first kappa shape index (κ1) is 18.4. The van der Waals surface area contributed by atoms with Crippen molar-refractivity contribution >= 4 is 29.1 Å². The molecule has 0 spiro atoms. The van der Waals surface area contributed by atoms with Gasteiger partial charge in [-0.2, -0.15) is 0 Å². The summed E-state index contributed by atoms with van der Waals surface area (Å²) in [6, 6.07) is 14.6. The van der Waals surface area contributed by atoms with Gasteiger partial charge in [-0.15, -0.1) is 5.10 Å². The minimum Gasteiger partial charge on any atom is -0.340 e. The number of aromatic nitrogens is 4. The van der Waals surface area contributed by atoms with Crippen LogP contribution in [0.3, 0.4) is 0 Å². The first-order valence-corrected chi connectivity index (χ1v) is 8.76. The molecule has 0 radical (unpaired) electrons. The molecule has 26 heavy (non-hydrogen) atoms. The molecular formula is C18H17Cl2N5O. The molecule has 3 rings (SSSR count). The van der Waals surface area contributed by atoms with Gasteiger partial charge in [0.25, 0.3) is 0 Å². The molecule has 1 amide bonds.